The second-order valence-corrected chi connectivity index (χ2v) is 8.42. The fourth-order valence-corrected chi connectivity index (χ4v) is 5.88. The van der Waals surface area contributed by atoms with Gasteiger partial charge in [-0.15, -0.1) is 11.8 Å². The summed E-state index contributed by atoms with van der Waals surface area (Å²) in [4.78, 5) is 0.359. The van der Waals surface area contributed by atoms with E-state index in [0.717, 1.165) is 18.4 Å². The normalized spacial score (nSPS) is 25.1. The van der Waals surface area contributed by atoms with Crippen molar-refractivity contribution in [2.45, 2.75) is 42.6 Å². The molecule has 1 aromatic rings. The van der Waals surface area contributed by atoms with E-state index in [0.29, 0.717) is 11.4 Å². The van der Waals surface area contributed by atoms with Gasteiger partial charge in [-0.1, -0.05) is 17.7 Å². The van der Waals surface area contributed by atoms with Crippen molar-refractivity contribution in [3.63, 3.8) is 0 Å². The van der Waals surface area contributed by atoms with Crippen LogP contribution in [-0.2, 0) is 14.8 Å². The Morgan fingerprint density at radius 1 is 1.33 bits per heavy atom. The maximum absolute atomic E-state index is 13.0. The molecule has 21 heavy (non-hydrogen) atoms. The lowest BCUT2D eigenvalue weighted by Gasteiger charge is -2.39. The molecule has 1 heterocycles. The fraction of sp³-hybridized carbons (Fsp3) is 0.600. The first-order valence-electron chi connectivity index (χ1n) is 7.01. The first-order valence-corrected chi connectivity index (χ1v) is 9.74. The van der Waals surface area contributed by atoms with Crippen molar-refractivity contribution in [3.05, 3.63) is 29.8 Å². The lowest BCUT2D eigenvalue weighted by atomic mass is 10.0. The lowest BCUT2D eigenvalue weighted by molar-refractivity contribution is 0.0660. The van der Waals surface area contributed by atoms with Crippen LogP contribution >= 0.6 is 11.8 Å². The molecule has 0 spiro atoms. The van der Waals surface area contributed by atoms with E-state index in [-0.39, 0.29) is 5.44 Å². The number of benzene rings is 1. The predicted molar refractivity (Wildman–Crippen MR) is 87.0 cm³/mol. The maximum atomic E-state index is 13.0. The number of hydrogen-bond donors (Lipinski definition) is 0. The monoisotopic (exact) mass is 329 g/mol. The molecule has 1 aromatic carbocycles. The average molecular weight is 329 g/mol. The molecule has 6 heteroatoms. The largest absolute Gasteiger partial charge is 0.369 e. The zero-order chi connectivity index (χ0) is 15.7. The molecule has 1 aliphatic heterocycles. The number of ether oxygens (including phenoxy) is 1. The molecule has 2 rings (SSSR count). The van der Waals surface area contributed by atoms with E-state index in [2.05, 4.69) is 0 Å². The number of sulfonamides is 1. The predicted octanol–water partition coefficient (Wildman–Crippen LogP) is 2.87. The molecule has 0 amide bonds. The molecule has 0 bridgehead atoms. The molecule has 2 atom stereocenters. The minimum atomic E-state index is -3.49. The van der Waals surface area contributed by atoms with E-state index >= 15 is 0 Å². The molecular formula is C15H23NO3S2. The summed E-state index contributed by atoms with van der Waals surface area (Å²) < 4.78 is 33.1. The maximum Gasteiger partial charge on any atom is 0.243 e. The third-order valence-electron chi connectivity index (χ3n) is 4.16. The summed E-state index contributed by atoms with van der Waals surface area (Å²) in [5.41, 5.74) is 0.384. The molecule has 4 nitrogen and oxygen atoms in total. The summed E-state index contributed by atoms with van der Waals surface area (Å²) in [5, 5.41) is 0. The summed E-state index contributed by atoms with van der Waals surface area (Å²) in [6, 6.07) is 7.04. The first-order chi connectivity index (χ1) is 9.86. The Labute approximate surface area is 131 Å². The van der Waals surface area contributed by atoms with Crippen LogP contribution < -0.4 is 0 Å². The SMILES string of the molecule is COC(SC)C1(C)CCCN1S(=O)(=O)c1ccc(C)cc1. The Bertz CT molecular complexity index is 581. The van der Waals surface area contributed by atoms with E-state index in [1.807, 2.05) is 32.2 Å². The lowest BCUT2D eigenvalue weighted by Crippen LogP contribution is -2.52. The Morgan fingerprint density at radius 2 is 1.95 bits per heavy atom. The fourth-order valence-electron chi connectivity index (χ4n) is 3.03. The minimum Gasteiger partial charge on any atom is -0.369 e. The van der Waals surface area contributed by atoms with Gasteiger partial charge in [0.2, 0.25) is 10.0 Å². The van der Waals surface area contributed by atoms with Gasteiger partial charge in [-0.25, -0.2) is 8.42 Å². The standard InChI is InChI=1S/C15H23NO3S2/c1-12-6-8-13(9-7-12)21(17,18)16-11-5-10-15(16,2)14(19-3)20-4/h6-9,14H,5,10-11H2,1-4H3. The van der Waals surface area contributed by atoms with Gasteiger partial charge in [0.1, 0.15) is 5.44 Å². The van der Waals surface area contributed by atoms with Crippen molar-refractivity contribution in [3.8, 4) is 0 Å². The second-order valence-electron chi connectivity index (χ2n) is 5.65. The van der Waals surface area contributed by atoms with E-state index in [1.54, 1.807) is 35.3 Å². The minimum absolute atomic E-state index is 0.166. The van der Waals surface area contributed by atoms with Crippen LogP contribution in [0.3, 0.4) is 0 Å². The molecule has 0 aliphatic carbocycles. The van der Waals surface area contributed by atoms with E-state index in [1.165, 1.54) is 0 Å². The van der Waals surface area contributed by atoms with E-state index in [4.69, 9.17) is 4.74 Å². The Balaban J connectivity index is 2.41. The van der Waals surface area contributed by atoms with Gasteiger partial charge in [-0.05, 0) is 45.1 Å². The van der Waals surface area contributed by atoms with Crippen molar-refractivity contribution < 1.29 is 13.2 Å². The van der Waals surface area contributed by atoms with Gasteiger partial charge >= 0.3 is 0 Å². The molecule has 0 N–H and O–H groups in total. The number of aryl methyl sites for hydroxylation is 1. The second kappa shape index (κ2) is 6.28. The van der Waals surface area contributed by atoms with Crippen LogP contribution in [0.5, 0.6) is 0 Å². The third kappa shape index (κ3) is 2.99. The van der Waals surface area contributed by atoms with Crippen molar-refractivity contribution in [1.82, 2.24) is 4.31 Å². The van der Waals surface area contributed by atoms with Crippen molar-refractivity contribution in [2.75, 3.05) is 19.9 Å². The van der Waals surface area contributed by atoms with Gasteiger partial charge in [0.05, 0.1) is 10.4 Å². The van der Waals surface area contributed by atoms with Crippen LogP contribution in [0, 0.1) is 6.92 Å². The number of rotatable bonds is 5. The molecule has 1 fully saturated rings. The van der Waals surface area contributed by atoms with Gasteiger partial charge in [-0.2, -0.15) is 4.31 Å². The van der Waals surface area contributed by atoms with Gasteiger partial charge in [0.25, 0.3) is 0 Å². The highest BCUT2D eigenvalue weighted by atomic mass is 32.2. The van der Waals surface area contributed by atoms with Crippen molar-refractivity contribution in [2.24, 2.45) is 0 Å². The third-order valence-corrected chi connectivity index (χ3v) is 7.33. The average Bonchev–Trinajstić information content (AvgIpc) is 2.84. The van der Waals surface area contributed by atoms with Crippen LogP contribution in [0.15, 0.2) is 29.2 Å². The smallest absolute Gasteiger partial charge is 0.243 e. The number of nitrogens with zero attached hydrogens (tertiary/aromatic N) is 1. The van der Waals surface area contributed by atoms with Crippen LogP contribution in [-0.4, -0.2) is 43.6 Å². The van der Waals surface area contributed by atoms with Gasteiger partial charge in [0, 0.05) is 13.7 Å². The highest BCUT2D eigenvalue weighted by Gasteiger charge is 2.49. The summed E-state index contributed by atoms with van der Waals surface area (Å²) in [6.07, 6.45) is 3.63. The Morgan fingerprint density at radius 3 is 2.48 bits per heavy atom. The highest BCUT2D eigenvalue weighted by molar-refractivity contribution is 7.99. The molecule has 2 unspecified atom stereocenters. The Kier molecular flexibility index (Phi) is 5.03. The summed E-state index contributed by atoms with van der Waals surface area (Å²) in [6.45, 7) is 4.48. The molecule has 1 aliphatic rings. The summed E-state index contributed by atoms with van der Waals surface area (Å²) in [7, 11) is -1.85. The van der Waals surface area contributed by atoms with Gasteiger partial charge in [0.15, 0.2) is 0 Å². The molecule has 0 radical (unpaired) electrons. The van der Waals surface area contributed by atoms with Crippen molar-refractivity contribution in [1.29, 1.82) is 0 Å². The number of methoxy groups -OCH3 is 1. The van der Waals surface area contributed by atoms with Crippen molar-refractivity contribution >= 4 is 21.8 Å². The molecule has 0 aromatic heterocycles. The van der Waals surface area contributed by atoms with Gasteiger partial charge < -0.3 is 4.74 Å². The summed E-state index contributed by atoms with van der Waals surface area (Å²) >= 11 is 1.56. The quantitative estimate of drug-likeness (QED) is 0.779. The van der Waals surface area contributed by atoms with E-state index < -0.39 is 15.6 Å². The van der Waals surface area contributed by atoms with Gasteiger partial charge in [-0.3, -0.25) is 0 Å². The van der Waals surface area contributed by atoms with Crippen LogP contribution in [0.25, 0.3) is 0 Å². The molecule has 1 saturated heterocycles. The topological polar surface area (TPSA) is 46.6 Å². The first kappa shape index (κ1) is 16.8. The Hall–Kier alpha value is -0.560. The molecule has 0 saturated carbocycles. The zero-order valence-corrected chi connectivity index (χ0v) is 14.6. The van der Waals surface area contributed by atoms with Crippen LogP contribution in [0.4, 0.5) is 0 Å². The number of thioether (sulfide) groups is 1. The van der Waals surface area contributed by atoms with Crippen LogP contribution in [0.2, 0.25) is 0 Å². The number of hydrogen-bond acceptors (Lipinski definition) is 4. The zero-order valence-electron chi connectivity index (χ0n) is 13.0. The molecule has 118 valence electrons. The highest BCUT2D eigenvalue weighted by Crippen LogP contribution is 2.40. The van der Waals surface area contributed by atoms with E-state index in [9.17, 15) is 8.42 Å². The van der Waals surface area contributed by atoms with Crippen LogP contribution in [0.1, 0.15) is 25.3 Å². The molecular weight excluding hydrogens is 306 g/mol. The summed E-state index contributed by atoms with van der Waals surface area (Å²) in [5.74, 6) is 0.